The Bertz CT molecular complexity index is 621. The van der Waals surface area contributed by atoms with Gasteiger partial charge in [0, 0.05) is 17.5 Å². The van der Waals surface area contributed by atoms with E-state index in [-0.39, 0.29) is 12.5 Å². The number of rotatable bonds is 5. The second-order valence-electron chi connectivity index (χ2n) is 4.98. The van der Waals surface area contributed by atoms with E-state index in [2.05, 4.69) is 4.98 Å². The zero-order chi connectivity index (χ0) is 15.6. The van der Waals surface area contributed by atoms with Gasteiger partial charge in [0.25, 0.3) is 0 Å². The summed E-state index contributed by atoms with van der Waals surface area (Å²) in [5, 5.41) is 10.1. The number of hydrogen-bond acceptors (Lipinski definition) is 3. The van der Waals surface area contributed by atoms with Gasteiger partial charge in [0.1, 0.15) is 29.1 Å². The largest absolute Gasteiger partial charge is 0.388 e. The van der Waals surface area contributed by atoms with Crippen molar-refractivity contribution in [1.82, 2.24) is 9.55 Å². The molecule has 2 aromatic rings. The Labute approximate surface area is 127 Å². The molecule has 0 atom stereocenters. The summed E-state index contributed by atoms with van der Waals surface area (Å²) in [6.07, 6.45) is 0. The maximum absolute atomic E-state index is 13.3. The number of aromatic nitrogens is 2. The average molecular weight is 312 g/mol. The summed E-state index contributed by atoms with van der Waals surface area (Å²) in [5.41, 5.74) is 0.969. The minimum Gasteiger partial charge on any atom is -0.388 e. The van der Waals surface area contributed by atoms with Gasteiger partial charge < -0.3 is 9.67 Å². The normalized spacial score (nSPS) is 11.4. The highest BCUT2D eigenvalue weighted by molar-refractivity contribution is 7.99. The first-order chi connectivity index (χ1) is 9.96. The van der Waals surface area contributed by atoms with Crippen molar-refractivity contribution in [2.75, 3.05) is 0 Å². The van der Waals surface area contributed by atoms with E-state index in [1.807, 2.05) is 25.3 Å². The maximum atomic E-state index is 13.3. The summed E-state index contributed by atoms with van der Waals surface area (Å²) in [4.78, 5) is 4.86. The van der Waals surface area contributed by atoms with Crippen molar-refractivity contribution < 1.29 is 13.9 Å². The number of aliphatic hydroxyl groups excluding tert-OH is 1. The van der Waals surface area contributed by atoms with Gasteiger partial charge in [-0.15, -0.1) is 0 Å². The van der Waals surface area contributed by atoms with Crippen molar-refractivity contribution in [2.45, 2.75) is 49.8 Å². The Kier molecular flexibility index (Phi) is 5.00. The second-order valence-corrected chi connectivity index (χ2v) is 6.04. The molecule has 0 radical (unpaired) electrons. The molecule has 0 saturated heterocycles. The molecule has 3 nitrogen and oxygen atoms in total. The molecule has 1 aromatic carbocycles. The summed E-state index contributed by atoms with van der Waals surface area (Å²) in [6.45, 7) is 6.56. The van der Waals surface area contributed by atoms with Gasteiger partial charge in [0.2, 0.25) is 0 Å². The van der Waals surface area contributed by atoms with Gasteiger partial charge in [-0.25, -0.2) is 13.8 Å². The highest BCUT2D eigenvalue weighted by Crippen LogP contribution is 2.34. The van der Waals surface area contributed by atoms with E-state index in [4.69, 9.17) is 0 Å². The molecule has 0 fully saturated rings. The van der Waals surface area contributed by atoms with Crippen molar-refractivity contribution in [3.05, 3.63) is 41.4 Å². The van der Waals surface area contributed by atoms with Crippen molar-refractivity contribution in [3.8, 4) is 0 Å². The monoisotopic (exact) mass is 312 g/mol. The first-order valence-corrected chi connectivity index (χ1v) is 7.62. The van der Waals surface area contributed by atoms with Gasteiger partial charge >= 0.3 is 0 Å². The van der Waals surface area contributed by atoms with Gasteiger partial charge in [0.05, 0.1) is 5.69 Å². The SMILES string of the molecule is CCn1c(CO)nc(Sc2cc(F)cc(F)c2)c1C(C)C. The lowest BCUT2D eigenvalue weighted by Crippen LogP contribution is -2.07. The molecule has 0 saturated carbocycles. The molecule has 0 bridgehead atoms. The number of nitrogens with zero attached hydrogens (tertiary/aromatic N) is 2. The van der Waals surface area contributed by atoms with Crippen LogP contribution in [0.3, 0.4) is 0 Å². The van der Waals surface area contributed by atoms with E-state index in [1.54, 1.807) is 0 Å². The lowest BCUT2D eigenvalue weighted by Gasteiger charge is -2.12. The number of hydrogen-bond donors (Lipinski definition) is 1. The Balaban J connectivity index is 2.45. The summed E-state index contributed by atoms with van der Waals surface area (Å²) < 4.78 is 28.5. The summed E-state index contributed by atoms with van der Waals surface area (Å²) in [6, 6.07) is 3.40. The molecule has 1 heterocycles. The summed E-state index contributed by atoms with van der Waals surface area (Å²) in [7, 11) is 0. The summed E-state index contributed by atoms with van der Waals surface area (Å²) >= 11 is 1.21. The Morgan fingerprint density at radius 2 is 1.86 bits per heavy atom. The van der Waals surface area contributed by atoms with Crippen LogP contribution in [0.2, 0.25) is 0 Å². The van der Waals surface area contributed by atoms with Gasteiger partial charge in [-0.05, 0) is 25.0 Å². The third-order valence-corrected chi connectivity index (χ3v) is 4.07. The van der Waals surface area contributed by atoms with Gasteiger partial charge in [-0.3, -0.25) is 0 Å². The van der Waals surface area contributed by atoms with E-state index in [1.165, 1.54) is 23.9 Å². The van der Waals surface area contributed by atoms with Crippen LogP contribution in [0.25, 0.3) is 0 Å². The molecule has 1 aromatic heterocycles. The first-order valence-electron chi connectivity index (χ1n) is 6.80. The van der Waals surface area contributed by atoms with E-state index in [0.29, 0.717) is 22.3 Å². The molecule has 0 amide bonds. The van der Waals surface area contributed by atoms with Crippen molar-refractivity contribution in [1.29, 1.82) is 0 Å². The zero-order valence-corrected chi connectivity index (χ0v) is 13.0. The molecule has 2 rings (SSSR count). The van der Waals surface area contributed by atoms with Crippen molar-refractivity contribution >= 4 is 11.8 Å². The minimum atomic E-state index is -0.610. The number of halogens is 2. The molecule has 6 heteroatoms. The van der Waals surface area contributed by atoms with E-state index in [0.717, 1.165) is 11.8 Å². The first kappa shape index (κ1) is 16.0. The van der Waals surface area contributed by atoms with E-state index < -0.39 is 11.6 Å². The minimum absolute atomic E-state index is 0.161. The molecular weight excluding hydrogens is 294 g/mol. The quantitative estimate of drug-likeness (QED) is 0.908. The third-order valence-electron chi connectivity index (χ3n) is 3.11. The van der Waals surface area contributed by atoms with Crippen molar-refractivity contribution in [3.63, 3.8) is 0 Å². The lowest BCUT2D eigenvalue weighted by atomic mass is 10.1. The smallest absolute Gasteiger partial charge is 0.136 e. The lowest BCUT2D eigenvalue weighted by molar-refractivity contribution is 0.264. The Hall–Kier alpha value is -1.40. The standard InChI is InChI=1S/C15H18F2N2OS/c1-4-19-13(8-20)18-15(14(19)9(2)3)21-12-6-10(16)5-11(17)7-12/h5-7,9,20H,4,8H2,1-3H3. The van der Waals surface area contributed by atoms with E-state index in [9.17, 15) is 13.9 Å². The van der Waals surface area contributed by atoms with Crippen LogP contribution in [0.15, 0.2) is 28.1 Å². The molecule has 0 spiro atoms. The van der Waals surface area contributed by atoms with Crippen LogP contribution in [-0.2, 0) is 13.2 Å². The Morgan fingerprint density at radius 3 is 2.33 bits per heavy atom. The Morgan fingerprint density at radius 1 is 1.24 bits per heavy atom. The predicted molar refractivity (Wildman–Crippen MR) is 78.4 cm³/mol. The number of benzene rings is 1. The highest BCUT2D eigenvalue weighted by atomic mass is 32.2. The molecule has 0 aliphatic carbocycles. The zero-order valence-electron chi connectivity index (χ0n) is 12.2. The van der Waals surface area contributed by atoms with Crippen LogP contribution in [0.1, 0.15) is 38.2 Å². The fourth-order valence-electron chi connectivity index (χ4n) is 2.30. The third kappa shape index (κ3) is 3.44. The average Bonchev–Trinajstić information content (AvgIpc) is 2.75. The highest BCUT2D eigenvalue weighted by Gasteiger charge is 2.19. The number of aliphatic hydroxyl groups is 1. The van der Waals surface area contributed by atoms with Gasteiger partial charge in [-0.2, -0.15) is 0 Å². The molecule has 0 unspecified atom stereocenters. The maximum Gasteiger partial charge on any atom is 0.136 e. The molecule has 0 aliphatic heterocycles. The van der Waals surface area contributed by atoms with Gasteiger partial charge in [0.15, 0.2) is 0 Å². The van der Waals surface area contributed by atoms with Crippen LogP contribution in [-0.4, -0.2) is 14.7 Å². The van der Waals surface area contributed by atoms with Crippen LogP contribution in [0, 0.1) is 11.6 Å². The summed E-state index contributed by atoms with van der Waals surface area (Å²) in [5.74, 6) is -0.457. The second kappa shape index (κ2) is 6.58. The van der Waals surface area contributed by atoms with Crippen LogP contribution < -0.4 is 0 Å². The molecule has 114 valence electrons. The van der Waals surface area contributed by atoms with Crippen LogP contribution in [0.5, 0.6) is 0 Å². The van der Waals surface area contributed by atoms with Crippen LogP contribution >= 0.6 is 11.8 Å². The molecular formula is C15H18F2N2OS. The predicted octanol–water partition coefficient (Wildman–Crippen LogP) is 3.95. The molecule has 0 aliphatic rings. The fraction of sp³-hybridized carbons (Fsp3) is 0.400. The number of imidazole rings is 1. The van der Waals surface area contributed by atoms with Gasteiger partial charge in [-0.1, -0.05) is 25.6 Å². The van der Waals surface area contributed by atoms with Crippen molar-refractivity contribution in [2.24, 2.45) is 0 Å². The fourth-order valence-corrected chi connectivity index (χ4v) is 3.46. The topological polar surface area (TPSA) is 38.0 Å². The van der Waals surface area contributed by atoms with E-state index >= 15 is 0 Å². The molecule has 1 N–H and O–H groups in total. The van der Waals surface area contributed by atoms with Crippen LogP contribution in [0.4, 0.5) is 8.78 Å². The molecule has 21 heavy (non-hydrogen) atoms.